The number of carbonyl (C=O) groups excluding carboxylic acids is 2. The summed E-state index contributed by atoms with van der Waals surface area (Å²) in [4.78, 5) is 41.2. The molecule has 1 saturated heterocycles. The molecule has 0 unspecified atom stereocenters. The molecule has 2 N–H and O–H groups in total. The van der Waals surface area contributed by atoms with Crippen molar-refractivity contribution in [1.82, 2.24) is 15.2 Å². The number of halogens is 2. The Morgan fingerprint density at radius 1 is 1.43 bits per heavy atom. The normalized spacial score (nSPS) is 20.4. The lowest BCUT2D eigenvalue weighted by Crippen LogP contribution is -2.53. The van der Waals surface area contributed by atoms with Gasteiger partial charge in [0.05, 0.1) is 6.20 Å². The van der Waals surface area contributed by atoms with Gasteiger partial charge in [-0.3, -0.25) is 9.69 Å². The van der Waals surface area contributed by atoms with E-state index in [0.29, 0.717) is 12.5 Å². The lowest BCUT2D eigenvalue weighted by Gasteiger charge is -2.31. The van der Waals surface area contributed by atoms with Gasteiger partial charge in [-0.25, -0.2) is 19.0 Å². The Balaban J connectivity index is 2.00. The Bertz CT molecular complexity index is 807. The van der Waals surface area contributed by atoms with E-state index in [1.54, 1.807) is 20.8 Å². The number of carbonyl (C=O) groups is 3. The third-order valence-corrected chi connectivity index (χ3v) is 6.50. The van der Waals surface area contributed by atoms with Crippen molar-refractivity contribution in [2.75, 3.05) is 13.2 Å². The zero-order chi connectivity index (χ0) is 22.5. The number of rotatable bonds is 5. The second-order valence-corrected chi connectivity index (χ2v) is 10.5. The molecule has 0 spiro atoms. The van der Waals surface area contributed by atoms with Gasteiger partial charge < -0.3 is 19.9 Å². The zero-order valence-corrected chi connectivity index (χ0v) is 19.2. The SMILES string of the molecule is CC(C)(C)OC(=O)N1C[C@@H](NC(=O)COc2cnc(Cl)c(F)c2)[SiH2]CC[C@@H]1C(=O)O. The Morgan fingerprint density at radius 3 is 2.73 bits per heavy atom. The molecule has 2 atom stereocenters. The summed E-state index contributed by atoms with van der Waals surface area (Å²) in [5, 5.41) is 12.0. The lowest BCUT2D eigenvalue weighted by atomic mass is 10.2. The summed E-state index contributed by atoms with van der Waals surface area (Å²) in [5.41, 5.74) is -1.13. The van der Waals surface area contributed by atoms with Crippen molar-refractivity contribution in [2.24, 2.45) is 0 Å². The summed E-state index contributed by atoms with van der Waals surface area (Å²) in [6.07, 6.45) is 0.768. The summed E-state index contributed by atoms with van der Waals surface area (Å²) in [7, 11) is -0.906. The lowest BCUT2D eigenvalue weighted by molar-refractivity contribution is -0.143. The minimum Gasteiger partial charge on any atom is -0.482 e. The first kappa shape index (κ1) is 23.9. The molecule has 0 bridgehead atoms. The van der Waals surface area contributed by atoms with Crippen LogP contribution in [0.15, 0.2) is 12.3 Å². The number of aliphatic carboxylic acids is 1. The average molecular weight is 462 g/mol. The van der Waals surface area contributed by atoms with Gasteiger partial charge in [0.1, 0.15) is 17.4 Å². The van der Waals surface area contributed by atoms with Crippen LogP contribution in [0.1, 0.15) is 27.2 Å². The second kappa shape index (κ2) is 10.1. The number of aromatic nitrogens is 1. The topological polar surface area (TPSA) is 118 Å². The van der Waals surface area contributed by atoms with Crippen LogP contribution in [0.5, 0.6) is 5.75 Å². The molecule has 12 heteroatoms. The monoisotopic (exact) mass is 461 g/mol. The summed E-state index contributed by atoms with van der Waals surface area (Å²) < 4.78 is 24.0. The van der Waals surface area contributed by atoms with Crippen molar-refractivity contribution in [3.05, 3.63) is 23.2 Å². The third kappa shape index (κ3) is 7.13. The Kier molecular flexibility index (Phi) is 8.01. The first-order chi connectivity index (χ1) is 14.0. The van der Waals surface area contributed by atoms with Crippen LogP contribution in [0.25, 0.3) is 0 Å². The maximum Gasteiger partial charge on any atom is 0.411 e. The summed E-state index contributed by atoms with van der Waals surface area (Å²) >= 11 is 5.50. The minimum absolute atomic E-state index is 0.0426. The molecule has 1 aliphatic rings. The molecule has 0 aliphatic carbocycles. The van der Waals surface area contributed by atoms with Crippen LogP contribution in [0.3, 0.4) is 0 Å². The fourth-order valence-electron chi connectivity index (χ4n) is 2.97. The molecule has 166 valence electrons. The second-order valence-electron chi connectivity index (χ2n) is 7.91. The molecule has 30 heavy (non-hydrogen) atoms. The van der Waals surface area contributed by atoms with Crippen molar-refractivity contribution in [3.8, 4) is 5.75 Å². The largest absolute Gasteiger partial charge is 0.482 e. The number of nitrogens with zero attached hydrogens (tertiary/aromatic N) is 2. The quantitative estimate of drug-likeness (QED) is 0.502. The molecule has 1 aliphatic heterocycles. The number of carboxylic acid groups (broad SMARTS) is 1. The number of pyridine rings is 1. The highest BCUT2D eigenvalue weighted by Gasteiger charge is 2.36. The van der Waals surface area contributed by atoms with Gasteiger partial charge in [-0.05, 0) is 27.2 Å². The third-order valence-electron chi connectivity index (χ3n) is 4.24. The molecular weight excluding hydrogens is 437 g/mol. The number of ether oxygens (including phenoxy) is 2. The van der Waals surface area contributed by atoms with E-state index >= 15 is 0 Å². The fraction of sp³-hybridized carbons (Fsp3) is 0.556. The van der Waals surface area contributed by atoms with Gasteiger partial charge in [0.15, 0.2) is 17.6 Å². The Hall–Kier alpha value is -2.40. The zero-order valence-electron chi connectivity index (χ0n) is 17.0. The molecule has 0 aromatic carbocycles. The predicted octanol–water partition coefficient (Wildman–Crippen LogP) is 1.38. The van der Waals surface area contributed by atoms with E-state index in [1.165, 1.54) is 6.20 Å². The van der Waals surface area contributed by atoms with Crippen molar-refractivity contribution in [1.29, 1.82) is 0 Å². The highest BCUT2D eigenvalue weighted by molar-refractivity contribution is 6.38. The van der Waals surface area contributed by atoms with E-state index < -0.39 is 44.9 Å². The summed E-state index contributed by atoms with van der Waals surface area (Å²) in [5.74, 6) is -2.30. The average Bonchev–Trinajstić information content (AvgIpc) is 2.84. The smallest absolute Gasteiger partial charge is 0.411 e. The molecule has 2 amide bonds. The molecule has 0 radical (unpaired) electrons. The fourth-order valence-corrected chi connectivity index (χ4v) is 5.02. The minimum atomic E-state index is -1.11. The first-order valence-corrected chi connectivity index (χ1v) is 11.6. The van der Waals surface area contributed by atoms with Gasteiger partial charge >= 0.3 is 12.1 Å². The molecule has 9 nitrogen and oxygen atoms in total. The maximum atomic E-state index is 13.4. The van der Waals surface area contributed by atoms with Gasteiger partial charge in [0.2, 0.25) is 0 Å². The van der Waals surface area contributed by atoms with Gasteiger partial charge in [-0.2, -0.15) is 0 Å². The van der Waals surface area contributed by atoms with E-state index in [2.05, 4.69) is 10.3 Å². The van der Waals surface area contributed by atoms with E-state index in [4.69, 9.17) is 21.1 Å². The summed E-state index contributed by atoms with van der Waals surface area (Å²) in [6, 6.07) is 0.646. The van der Waals surface area contributed by atoms with Crippen LogP contribution < -0.4 is 10.1 Å². The molecule has 1 aromatic heterocycles. The molecule has 1 aromatic rings. The number of hydrogen-bond acceptors (Lipinski definition) is 6. The van der Waals surface area contributed by atoms with E-state index in [0.717, 1.165) is 11.0 Å². The van der Waals surface area contributed by atoms with Crippen molar-refractivity contribution >= 4 is 39.1 Å². The van der Waals surface area contributed by atoms with E-state index in [-0.39, 0.29) is 29.7 Å². The maximum absolute atomic E-state index is 13.4. The molecule has 2 heterocycles. The molecular formula is C18H25ClFN3O6Si. The molecule has 2 rings (SSSR count). The predicted molar refractivity (Wildman–Crippen MR) is 109 cm³/mol. The molecule has 1 fully saturated rings. The number of amides is 2. The Labute approximate surface area is 180 Å². The van der Waals surface area contributed by atoms with Crippen LogP contribution in [-0.4, -0.2) is 72.9 Å². The van der Waals surface area contributed by atoms with Crippen molar-refractivity contribution < 1.29 is 33.4 Å². The van der Waals surface area contributed by atoms with Crippen LogP contribution >= 0.6 is 11.6 Å². The standard InChI is InChI=1S/C18H25ClFN3O6Si/c1-18(2,3)29-17(27)23-8-14(30-5-4-12(23)16(25)26)22-13(24)9-28-10-6-11(20)15(19)21-7-10/h6-7,12,14H,4-5,8-9,30H2,1-3H3,(H,22,24)(H,25,26)/t12-,14+/m1/s1. The number of nitrogens with one attached hydrogen (secondary N) is 1. The first-order valence-electron chi connectivity index (χ1n) is 9.42. The van der Waals surface area contributed by atoms with Gasteiger partial charge in [0, 0.05) is 27.8 Å². The molecule has 0 saturated carbocycles. The highest BCUT2D eigenvalue weighted by atomic mass is 35.5. The van der Waals surface area contributed by atoms with Crippen LogP contribution in [0.4, 0.5) is 9.18 Å². The summed E-state index contributed by atoms with van der Waals surface area (Å²) in [6.45, 7) is 4.73. The van der Waals surface area contributed by atoms with Crippen LogP contribution in [-0.2, 0) is 14.3 Å². The number of carboxylic acids is 1. The highest BCUT2D eigenvalue weighted by Crippen LogP contribution is 2.19. The van der Waals surface area contributed by atoms with Crippen molar-refractivity contribution in [2.45, 2.75) is 50.5 Å². The number of hydrogen-bond donors (Lipinski definition) is 2. The van der Waals surface area contributed by atoms with Crippen LogP contribution in [0.2, 0.25) is 11.2 Å². The van der Waals surface area contributed by atoms with Gasteiger partial charge in [0.25, 0.3) is 5.91 Å². The van der Waals surface area contributed by atoms with Gasteiger partial charge in [-0.15, -0.1) is 0 Å². The Morgan fingerprint density at radius 2 is 2.13 bits per heavy atom. The van der Waals surface area contributed by atoms with E-state index in [9.17, 15) is 23.9 Å². The van der Waals surface area contributed by atoms with Gasteiger partial charge in [-0.1, -0.05) is 17.6 Å². The van der Waals surface area contributed by atoms with E-state index in [1.807, 2.05) is 0 Å². The van der Waals surface area contributed by atoms with Crippen molar-refractivity contribution in [3.63, 3.8) is 0 Å². The van der Waals surface area contributed by atoms with Crippen LogP contribution in [0, 0.1) is 5.82 Å².